The van der Waals surface area contributed by atoms with Crippen LogP contribution in [0.5, 0.6) is 0 Å². The second kappa shape index (κ2) is 10.9. The van der Waals surface area contributed by atoms with E-state index in [-0.39, 0.29) is 5.11 Å². The molecule has 0 aliphatic heterocycles. The van der Waals surface area contributed by atoms with Crippen LogP contribution < -0.4 is 10.6 Å². The molecule has 1 amide bonds. The first-order valence-electron chi connectivity index (χ1n) is 11.2. The lowest BCUT2D eigenvalue weighted by Crippen LogP contribution is -2.32. The Hall–Kier alpha value is -3.49. The highest BCUT2D eigenvalue weighted by Gasteiger charge is 2.11. The molecule has 184 valence electrons. The number of carbonyl (C=O) groups is 1. The number of nitrogens with one attached hydrogen (secondary N) is 2. The van der Waals surface area contributed by atoms with E-state index in [2.05, 4.69) is 29.7 Å². The summed E-state index contributed by atoms with van der Waals surface area (Å²) in [6.07, 6.45) is 2.89. The van der Waals surface area contributed by atoms with E-state index < -0.39 is 5.91 Å². The van der Waals surface area contributed by atoms with Crippen molar-refractivity contribution in [3.63, 3.8) is 0 Å². The van der Waals surface area contributed by atoms with Crippen molar-refractivity contribution in [2.24, 2.45) is 0 Å². The average molecular weight is 565 g/mol. The van der Waals surface area contributed by atoms with E-state index >= 15 is 0 Å². The van der Waals surface area contributed by atoms with Gasteiger partial charge in [-0.05, 0) is 91.4 Å². The number of thiazole rings is 1. The molecule has 0 atom stereocenters. The second-order valence-corrected chi connectivity index (χ2v) is 10.4. The molecule has 9 heteroatoms. The maximum atomic E-state index is 12.3. The number of hydrogen-bond acceptors (Lipinski definition) is 5. The van der Waals surface area contributed by atoms with E-state index in [4.69, 9.17) is 44.8 Å². The molecule has 0 radical (unpaired) electrons. The first kappa shape index (κ1) is 25.2. The number of halogens is 2. The van der Waals surface area contributed by atoms with Gasteiger partial charge in [-0.2, -0.15) is 0 Å². The van der Waals surface area contributed by atoms with Gasteiger partial charge in [-0.3, -0.25) is 10.1 Å². The van der Waals surface area contributed by atoms with Gasteiger partial charge in [-0.15, -0.1) is 11.3 Å². The molecule has 0 fully saturated rings. The van der Waals surface area contributed by atoms with Crippen LogP contribution >= 0.6 is 46.8 Å². The largest absolute Gasteiger partial charge is 0.457 e. The number of anilines is 1. The van der Waals surface area contributed by atoms with E-state index in [1.54, 1.807) is 41.7 Å². The van der Waals surface area contributed by atoms with Crippen LogP contribution in [0.15, 0.2) is 83.3 Å². The summed E-state index contributed by atoms with van der Waals surface area (Å²) in [5.74, 6) is 0.646. The minimum absolute atomic E-state index is 0.184. The number of amides is 1. The summed E-state index contributed by atoms with van der Waals surface area (Å²) in [6, 6.07) is 22.8. The Morgan fingerprint density at radius 2 is 1.86 bits per heavy atom. The fourth-order valence-corrected chi connectivity index (χ4v) is 5.29. The van der Waals surface area contributed by atoms with Crippen LogP contribution in [-0.2, 0) is 4.79 Å². The summed E-state index contributed by atoms with van der Waals surface area (Å²) >= 11 is 19.3. The fraction of sp³-hybridized carbons (Fsp3) is 0.0357. The summed E-state index contributed by atoms with van der Waals surface area (Å²) < 4.78 is 6.93. The van der Waals surface area contributed by atoms with E-state index in [1.165, 1.54) is 11.6 Å². The number of thiocarbonyl (C=S) groups is 1. The Bertz CT molecular complexity index is 1660. The Labute approximate surface area is 232 Å². The number of rotatable bonds is 5. The van der Waals surface area contributed by atoms with Crippen molar-refractivity contribution in [2.75, 3.05) is 5.32 Å². The molecule has 37 heavy (non-hydrogen) atoms. The number of furan rings is 1. The number of aromatic nitrogens is 1. The highest BCUT2D eigenvalue weighted by molar-refractivity contribution is 7.80. The summed E-state index contributed by atoms with van der Waals surface area (Å²) in [7, 11) is 0. The summed E-state index contributed by atoms with van der Waals surface area (Å²) in [5, 5.41) is 7.63. The van der Waals surface area contributed by atoms with Gasteiger partial charge in [-0.25, -0.2) is 4.98 Å². The lowest BCUT2D eigenvalue weighted by molar-refractivity contribution is -0.115. The van der Waals surface area contributed by atoms with Gasteiger partial charge in [0.2, 0.25) is 5.91 Å². The lowest BCUT2D eigenvalue weighted by Gasteiger charge is -2.08. The van der Waals surface area contributed by atoms with Crippen LogP contribution in [0.2, 0.25) is 10.0 Å². The minimum Gasteiger partial charge on any atom is -0.457 e. The van der Waals surface area contributed by atoms with Crippen molar-refractivity contribution in [1.29, 1.82) is 0 Å². The molecule has 0 saturated carbocycles. The molecule has 0 spiro atoms. The third-order valence-corrected chi connectivity index (χ3v) is 7.50. The number of carbonyl (C=O) groups excluding carboxylic acids is 1. The van der Waals surface area contributed by atoms with E-state index in [9.17, 15) is 4.79 Å². The second-order valence-electron chi connectivity index (χ2n) is 8.15. The Kier molecular flexibility index (Phi) is 7.39. The van der Waals surface area contributed by atoms with Crippen molar-refractivity contribution in [3.05, 3.63) is 100 Å². The molecule has 5 aromatic rings. The van der Waals surface area contributed by atoms with Crippen molar-refractivity contribution in [3.8, 4) is 21.9 Å². The van der Waals surface area contributed by atoms with Gasteiger partial charge in [0.1, 0.15) is 16.5 Å². The van der Waals surface area contributed by atoms with Crippen molar-refractivity contribution < 1.29 is 9.21 Å². The topological polar surface area (TPSA) is 67.2 Å². The number of fused-ring (bicyclic) bond motifs is 1. The van der Waals surface area contributed by atoms with Crippen LogP contribution in [0.3, 0.4) is 0 Å². The highest BCUT2D eigenvalue weighted by Crippen LogP contribution is 2.34. The normalized spacial score (nSPS) is 11.2. The first-order valence-corrected chi connectivity index (χ1v) is 13.2. The Morgan fingerprint density at radius 3 is 2.68 bits per heavy atom. The molecule has 2 N–H and O–H groups in total. The lowest BCUT2D eigenvalue weighted by atomic mass is 10.2. The molecule has 0 aliphatic carbocycles. The van der Waals surface area contributed by atoms with Gasteiger partial charge >= 0.3 is 0 Å². The van der Waals surface area contributed by atoms with Gasteiger partial charge in [-0.1, -0.05) is 35.3 Å². The molecular formula is C28H19Cl2N3O2S2. The molecule has 0 saturated heterocycles. The summed E-state index contributed by atoms with van der Waals surface area (Å²) in [5.41, 5.74) is 4.64. The first-order chi connectivity index (χ1) is 17.9. The Morgan fingerprint density at radius 1 is 1.05 bits per heavy atom. The third kappa shape index (κ3) is 5.92. The van der Waals surface area contributed by atoms with Gasteiger partial charge < -0.3 is 9.73 Å². The molecule has 5 rings (SSSR count). The van der Waals surface area contributed by atoms with Crippen molar-refractivity contribution >= 4 is 79.8 Å². The molecule has 3 aromatic carbocycles. The standard InChI is InChI=1S/C28H19Cl2N3O2S2/c1-16-5-12-22-24(15-16)37-27(32-22)17-6-8-18(9-7-17)31-28(36)33-25(34)14-11-19-10-13-23(35-19)20-3-2-4-21(29)26(20)30/h2-15H,1H3,(H2,31,33,34,36). The van der Waals surface area contributed by atoms with Crippen molar-refractivity contribution in [2.45, 2.75) is 6.92 Å². The summed E-state index contributed by atoms with van der Waals surface area (Å²) in [4.78, 5) is 17.0. The van der Waals surface area contributed by atoms with Crippen molar-refractivity contribution in [1.82, 2.24) is 10.3 Å². The number of benzene rings is 3. The molecule has 0 bridgehead atoms. The minimum atomic E-state index is -0.391. The van der Waals surface area contributed by atoms with Crippen LogP contribution in [0.4, 0.5) is 5.69 Å². The van der Waals surface area contributed by atoms with Crippen LogP contribution in [-0.4, -0.2) is 16.0 Å². The molecule has 0 unspecified atom stereocenters. The van der Waals surface area contributed by atoms with Gasteiger partial charge in [0.25, 0.3) is 0 Å². The molecule has 2 aromatic heterocycles. The maximum absolute atomic E-state index is 12.3. The van der Waals surface area contributed by atoms with Crippen LogP contribution in [0, 0.1) is 6.92 Å². The van der Waals surface area contributed by atoms with E-state index in [1.807, 2.05) is 36.4 Å². The van der Waals surface area contributed by atoms with Gasteiger partial charge in [0.05, 0.1) is 20.3 Å². The van der Waals surface area contributed by atoms with Crippen LogP contribution in [0.25, 0.3) is 38.2 Å². The third-order valence-electron chi connectivity index (χ3n) is 5.41. The fourth-order valence-electron chi connectivity index (χ4n) is 3.61. The molecule has 0 aliphatic rings. The predicted octanol–water partition coefficient (Wildman–Crippen LogP) is 8.36. The highest BCUT2D eigenvalue weighted by atomic mass is 35.5. The van der Waals surface area contributed by atoms with E-state index in [0.717, 1.165) is 26.5 Å². The molecular weight excluding hydrogens is 545 g/mol. The molecule has 2 heterocycles. The molecule has 5 nitrogen and oxygen atoms in total. The zero-order valence-corrected chi connectivity index (χ0v) is 22.6. The predicted molar refractivity (Wildman–Crippen MR) is 157 cm³/mol. The number of nitrogens with zero attached hydrogens (tertiary/aromatic N) is 1. The number of aryl methyl sites for hydroxylation is 1. The zero-order chi connectivity index (χ0) is 25.9. The van der Waals surface area contributed by atoms with Crippen LogP contribution in [0.1, 0.15) is 11.3 Å². The Balaban J connectivity index is 1.17. The summed E-state index contributed by atoms with van der Waals surface area (Å²) in [6.45, 7) is 2.07. The monoisotopic (exact) mass is 563 g/mol. The van der Waals surface area contributed by atoms with E-state index in [0.29, 0.717) is 27.1 Å². The number of hydrogen-bond donors (Lipinski definition) is 2. The average Bonchev–Trinajstić information content (AvgIpc) is 3.52. The smallest absolute Gasteiger partial charge is 0.250 e. The van der Waals surface area contributed by atoms with Gasteiger partial charge in [0, 0.05) is 22.9 Å². The quantitative estimate of drug-likeness (QED) is 0.166. The zero-order valence-electron chi connectivity index (χ0n) is 19.4. The SMILES string of the molecule is Cc1ccc2nc(-c3ccc(NC(=S)NC(=O)C=Cc4ccc(-c5cccc(Cl)c5Cl)o4)cc3)sc2c1. The maximum Gasteiger partial charge on any atom is 0.250 e. The van der Waals surface area contributed by atoms with Gasteiger partial charge in [0.15, 0.2) is 5.11 Å².